The third kappa shape index (κ3) is 4.59. The smallest absolute Gasteiger partial charge is 0.251 e. The van der Waals surface area contributed by atoms with Crippen molar-refractivity contribution in [1.29, 1.82) is 0 Å². The van der Waals surface area contributed by atoms with Gasteiger partial charge in [0.15, 0.2) is 0 Å². The lowest BCUT2D eigenvalue weighted by Crippen LogP contribution is -2.25. The van der Waals surface area contributed by atoms with Crippen LogP contribution in [0.25, 0.3) is 0 Å². The molecule has 2 N–H and O–H groups in total. The van der Waals surface area contributed by atoms with E-state index in [9.17, 15) is 9.59 Å². The van der Waals surface area contributed by atoms with Crippen molar-refractivity contribution < 1.29 is 9.59 Å². The van der Waals surface area contributed by atoms with Crippen molar-refractivity contribution in [2.75, 3.05) is 11.9 Å². The highest BCUT2D eigenvalue weighted by atomic mass is 16.2. The summed E-state index contributed by atoms with van der Waals surface area (Å²) in [5.74, 6) is 0.128. The topological polar surface area (TPSA) is 58.2 Å². The first-order valence-corrected chi connectivity index (χ1v) is 7.90. The van der Waals surface area contributed by atoms with Crippen LogP contribution < -0.4 is 10.6 Å². The van der Waals surface area contributed by atoms with Gasteiger partial charge in [-0.15, -0.1) is 0 Å². The molecular weight excluding hydrogens is 264 g/mol. The zero-order valence-corrected chi connectivity index (χ0v) is 12.7. The Bertz CT molecular complexity index is 493. The molecule has 0 atom stereocenters. The normalized spacial score (nSPS) is 14.9. The van der Waals surface area contributed by atoms with E-state index in [2.05, 4.69) is 17.6 Å². The molecule has 1 aromatic rings. The van der Waals surface area contributed by atoms with Crippen molar-refractivity contribution in [3.8, 4) is 0 Å². The molecule has 1 aromatic carbocycles. The number of benzene rings is 1. The molecule has 0 bridgehead atoms. The first-order chi connectivity index (χ1) is 10.2. The van der Waals surface area contributed by atoms with Crippen molar-refractivity contribution in [3.63, 3.8) is 0 Å². The quantitative estimate of drug-likeness (QED) is 0.789. The van der Waals surface area contributed by atoms with Crippen molar-refractivity contribution in [2.45, 2.75) is 45.4 Å². The molecule has 21 heavy (non-hydrogen) atoms. The van der Waals surface area contributed by atoms with Crippen LogP contribution >= 0.6 is 0 Å². The molecule has 0 radical (unpaired) electrons. The summed E-state index contributed by atoms with van der Waals surface area (Å²) in [6, 6.07) is 7.15. The van der Waals surface area contributed by atoms with E-state index in [1.165, 1.54) is 0 Å². The van der Waals surface area contributed by atoms with Gasteiger partial charge in [0.1, 0.15) is 0 Å². The van der Waals surface area contributed by atoms with Gasteiger partial charge in [-0.1, -0.05) is 32.3 Å². The minimum atomic E-state index is -0.0829. The highest BCUT2D eigenvalue weighted by Gasteiger charge is 2.22. The highest BCUT2D eigenvalue weighted by Crippen LogP contribution is 2.26. The molecule has 1 saturated carbocycles. The second-order valence-corrected chi connectivity index (χ2v) is 5.66. The lowest BCUT2D eigenvalue weighted by molar-refractivity contribution is -0.119. The van der Waals surface area contributed by atoms with E-state index in [1.54, 1.807) is 18.2 Å². The molecule has 0 aliphatic heterocycles. The predicted octanol–water partition coefficient (Wildman–Crippen LogP) is 3.35. The summed E-state index contributed by atoms with van der Waals surface area (Å²) in [5, 5.41) is 5.81. The fraction of sp³-hybridized carbons (Fsp3) is 0.529. The lowest BCUT2D eigenvalue weighted by atomic mass is 10.1. The maximum Gasteiger partial charge on any atom is 0.251 e. The number of hydrogen-bond donors (Lipinski definition) is 2. The number of nitrogens with one attached hydrogen (secondary N) is 2. The summed E-state index contributed by atoms with van der Waals surface area (Å²) in [7, 11) is 0. The number of carbonyl (C=O) groups is 2. The van der Waals surface area contributed by atoms with Crippen LogP contribution in [0, 0.1) is 5.92 Å². The van der Waals surface area contributed by atoms with Gasteiger partial charge >= 0.3 is 0 Å². The maximum absolute atomic E-state index is 12.1. The second-order valence-electron chi connectivity index (χ2n) is 5.66. The van der Waals surface area contributed by atoms with Gasteiger partial charge < -0.3 is 10.6 Å². The van der Waals surface area contributed by atoms with E-state index >= 15 is 0 Å². The molecule has 0 heterocycles. The van der Waals surface area contributed by atoms with Crippen LogP contribution in [0.5, 0.6) is 0 Å². The van der Waals surface area contributed by atoms with E-state index in [4.69, 9.17) is 0 Å². The van der Waals surface area contributed by atoms with Crippen LogP contribution in [0.3, 0.4) is 0 Å². The highest BCUT2D eigenvalue weighted by molar-refractivity contribution is 5.97. The fourth-order valence-corrected chi connectivity index (χ4v) is 2.65. The molecule has 1 aliphatic carbocycles. The first kappa shape index (κ1) is 15.5. The molecule has 0 aromatic heterocycles. The minimum absolute atomic E-state index is 0.0797. The largest absolute Gasteiger partial charge is 0.352 e. The van der Waals surface area contributed by atoms with Crippen molar-refractivity contribution in [3.05, 3.63) is 29.8 Å². The van der Waals surface area contributed by atoms with E-state index in [0.717, 1.165) is 38.5 Å². The van der Waals surface area contributed by atoms with Gasteiger partial charge in [0.25, 0.3) is 5.91 Å². The van der Waals surface area contributed by atoms with Crippen LogP contribution in [0.1, 0.15) is 55.8 Å². The Labute approximate surface area is 126 Å². The number of carbonyl (C=O) groups excluding carboxylic acids is 2. The van der Waals surface area contributed by atoms with Gasteiger partial charge in [-0.25, -0.2) is 0 Å². The SMILES string of the molecule is CCCCNC(=O)c1cccc(NC(=O)C2CCCC2)c1. The number of amides is 2. The Hall–Kier alpha value is -1.84. The summed E-state index contributed by atoms with van der Waals surface area (Å²) >= 11 is 0. The van der Waals surface area contributed by atoms with Gasteiger partial charge in [-0.2, -0.15) is 0 Å². The average Bonchev–Trinajstić information content (AvgIpc) is 3.02. The van der Waals surface area contributed by atoms with Crippen LogP contribution in [0.4, 0.5) is 5.69 Å². The van der Waals surface area contributed by atoms with Crippen LogP contribution in [-0.4, -0.2) is 18.4 Å². The molecule has 2 rings (SSSR count). The van der Waals surface area contributed by atoms with Crippen LogP contribution in [-0.2, 0) is 4.79 Å². The molecule has 0 saturated heterocycles. The zero-order chi connectivity index (χ0) is 15.1. The Morgan fingerprint density at radius 1 is 1.24 bits per heavy atom. The average molecular weight is 288 g/mol. The molecule has 0 unspecified atom stereocenters. The molecule has 4 heteroatoms. The fourth-order valence-electron chi connectivity index (χ4n) is 2.65. The van der Waals surface area contributed by atoms with Gasteiger partial charge in [-0.3, -0.25) is 9.59 Å². The lowest BCUT2D eigenvalue weighted by Gasteiger charge is -2.11. The molecule has 114 valence electrons. The van der Waals surface area contributed by atoms with Gasteiger partial charge in [0, 0.05) is 23.7 Å². The molecule has 1 fully saturated rings. The monoisotopic (exact) mass is 288 g/mol. The Kier molecular flexibility index (Phi) is 5.78. The van der Waals surface area contributed by atoms with Gasteiger partial charge in [0.05, 0.1) is 0 Å². The number of rotatable bonds is 6. The predicted molar refractivity (Wildman–Crippen MR) is 84.3 cm³/mol. The van der Waals surface area contributed by atoms with Crippen LogP contribution in [0.2, 0.25) is 0 Å². The minimum Gasteiger partial charge on any atom is -0.352 e. The summed E-state index contributed by atoms with van der Waals surface area (Å²) in [6.45, 7) is 2.78. The van der Waals surface area contributed by atoms with E-state index in [1.807, 2.05) is 6.07 Å². The molecule has 2 amide bonds. The molecule has 1 aliphatic rings. The number of unbranched alkanes of at least 4 members (excludes halogenated alkanes) is 1. The van der Waals surface area contributed by atoms with Crippen LogP contribution in [0.15, 0.2) is 24.3 Å². The Morgan fingerprint density at radius 2 is 2.00 bits per heavy atom. The third-order valence-electron chi connectivity index (χ3n) is 3.93. The Balaban J connectivity index is 1.93. The van der Waals surface area contributed by atoms with E-state index in [-0.39, 0.29) is 17.7 Å². The zero-order valence-electron chi connectivity index (χ0n) is 12.7. The van der Waals surface area contributed by atoms with Gasteiger partial charge in [0.2, 0.25) is 5.91 Å². The number of hydrogen-bond acceptors (Lipinski definition) is 2. The second kappa shape index (κ2) is 7.81. The molecular formula is C17H24N2O2. The van der Waals surface area contributed by atoms with Crippen molar-refractivity contribution >= 4 is 17.5 Å². The number of anilines is 1. The van der Waals surface area contributed by atoms with E-state index < -0.39 is 0 Å². The van der Waals surface area contributed by atoms with Crippen molar-refractivity contribution in [2.24, 2.45) is 5.92 Å². The first-order valence-electron chi connectivity index (χ1n) is 7.90. The summed E-state index contributed by atoms with van der Waals surface area (Å²) in [4.78, 5) is 24.1. The molecule has 4 nitrogen and oxygen atoms in total. The summed E-state index contributed by atoms with van der Waals surface area (Å²) < 4.78 is 0. The molecule has 0 spiro atoms. The standard InChI is InChI=1S/C17H24N2O2/c1-2-3-11-18-16(20)14-9-6-10-15(12-14)19-17(21)13-7-4-5-8-13/h6,9-10,12-13H,2-5,7-8,11H2,1H3,(H,18,20)(H,19,21). The van der Waals surface area contributed by atoms with E-state index in [0.29, 0.717) is 17.8 Å². The maximum atomic E-state index is 12.1. The summed E-state index contributed by atoms with van der Waals surface area (Å²) in [6.07, 6.45) is 6.25. The summed E-state index contributed by atoms with van der Waals surface area (Å²) in [5.41, 5.74) is 1.30. The third-order valence-corrected chi connectivity index (χ3v) is 3.93. The Morgan fingerprint density at radius 3 is 2.71 bits per heavy atom. The van der Waals surface area contributed by atoms with Crippen molar-refractivity contribution in [1.82, 2.24) is 5.32 Å². The van der Waals surface area contributed by atoms with Gasteiger partial charge in [-0.05, 0) is 37.5 Å².